The fourth-order valence-electron chi connectivity index (χ4n) is 5.38. The van der Waals surface area contributed by atoms with E-state index in [1.807, 2.05) is 25.1 Å². The highest BCUT2D eigenvalue weighted by Crippen LogP contribution is 2.50. The summed E-state index contributed by atoms with van der Waals surface area (Å²) in [4.78, 5) is 25.4. The number of aryl methyl sites for hydroxylation is 1. The molecule has 1 amide bonds. The molecule has 1 aliphatic carbocycles. The highest BCUT2D eigenvalue weighted by Gasteiger charge is 2.57. The Morgan fingerprint density at radius 2 is 2.27 bits per heavy atom. The lowest BCUT2D eigenvalue weighted by Gasteiger charge is -2.50. The van der Waals surface area contributed by atoms with Crippen LogP contribution < -0.4 is 5.32 Å². The number of piperidine rings is 1. The van der Waals surface area contributed by atoms with Crippen molar-refractivity contribution in [2.24, 2.45) is 5.41 Å². The van der Waals surface area contributed by atoms with Crippen LogP contribution in [0.4, 0.5) is 0 Å². The third-order valence-electron chi connectivity index (χ3n) is 6.58. The first-order chi connectivity index (χ1) is 12.6. The third-order valence-corrected chi connectivity index (χ3v) is 7.75. The Morgan fingerprint density at radius 1 is 1.38 bits per heavy atom. The lowest BCUT2D eigenvalue weighted by molar-refractivity contribution is 0.0133. The van der Waals surface area contributed by atoms with Crippen molar-refractivity contribution < 1.29 is 4.79 Å². The largest absolute Gasteiger partial charge is 0.333 e. The van der Waals surface area contributed by atoms with E-state index < -0.39 is 0 Å². The number of hydrogen-bond acceptors (Lipinski definition) is 5. The normalized spacial score (nSPS) is 32.7. The Labute approximate surface area is 157 Å². The van der Waals surface area contributed by atoms with E-state index in [0.29, 0.717) is 18.1 Å². The van der Waals surface area contributed by atoms with E-state index in [4.69, 9.17) is 0 Å². The Kier molecular flexibility index (Phi) is 3.69. The minimum absolute atomic E-state index is 0.160. The second-order valence-electron chi connectivity index (χ2n) is 8.18. The molecule has 5 nitrogen and oxygen atoms in total. The van der Waals surface area contributed by atoms with Gasteiger partial charge in [0.05, 0.1) is 11.4 Å². The molecule has 1 saturated carbocycles. The predicted octanol–water partition coefficient (Wildman–Crippen LogP) is 3.26. The molecule has 3 fully saturated rings. The molecule has 2 aromatic heterocycles. The molecule has 2 saturated heterocycles. The summed E-state index contributed by atoms with van der Waals surface area (Å²) in [5.74, 6) is 0.160. The molecule has 26 heavy (non-hydrogen) atoms. The van der Waals surface area contributed by atoms with Gasteiger partial charge in [-0.15, -0.1) is 11.3 Å². The number of nitrogens with zero attached hydrogens (tertiary/aromatic N) is 3. The summed E-state index contributed by atoms with van der Waals surface area (Å²) in [5.41, 5.74) is 1.88. The second kappa shape index (κ2) is 5.86. The smallest absolute Gasteiger partial charge is 0.266 e. The first-order valence-corrected chi connectivity index (χ1v) is 10.3. The molecule has 5 rings (SSSR count). The van der Waals surface area contributed by atoms with Crippen LogP contribution in [0.5, 0.6) is 0 Å². The molecule has 0 radical (unpaired) electrons. The van der Waals surface area contributed by atoms with Crippen LogP contribution >= 0.6 is 11.3 Å². The highest BCUT2D eigenvalue weighted by atomic mass is 32.1. The molecule has 2 aromatic rings. The minimum atomic E-state index is 0.160. The van der Waals surface area contributed by atoms with Gasteiger partial charge in [-0.1, -0.05) is 13.0 Å². The van der Waals surface area contributed by atoms with Gasteiger partial charge in [-0.3, -0.25) is 9.78 Å². The predicted molar refractivity (Wildman–Crippen MR) is 102 cm³/mol. The van der Waals surface area contributed by atoms with Gasteiger partial charge < -0.3 is 10.2 Å². The van der Waals surface area contributed by atoms with Gasteiger partial charge in [0.2, 0.25) is 0 Å². The summed E-state index contributed by atoms with van der Waals surface area (Å²) >= 11 is 1.48. The molecule has 136 valence electrons. The van der Waals surface area contributed by atoms with E-state index in [-0.39, 0.29) is 11.3 Å². The molecule has 0 spiro atoms. The van der Waals surface area contributed by atoms with Crippen LogP contribution in [-0.4, -0.2) is 45.4 Å². The van der Waals surface area contributed by atoms with Crippen LogP contribution in [0, 0.1) is 12.3 Å². The molecule has 0 aromatic carbocycles. The Balaban J connectivity index is 1.48. The number of likely N-dealkylation sites (tertiary alicyclic amines) is 1. The fraction of sp³-hybridized carbons (Fsp3) is 0.550. The van der Waals surface area contributed by atoms with Crippen molar-refractivity contribution in [2.45, 2.75) is 57.7 Å². The summed E-state index contributed by atoms with van der Waals surface area (Å²) in [7, 11) is 0. The first kappa shape index (κ1) is 16.4. The minimum Gasteiger partial charge on any atom is -0.333 e. The van der Waals surface area contributed by atoms with Crippen LogP contribution in [-0.2, 0) is 0 Å². The molecule has 6 heteroatoms. The van der Waals surface area contributed by atoms with E-state index in [2.05, 4.69) is 27.1 Å². The number of carbonyl (C=O) groups excluding carboxylic acids is 1. The number of amides is 1. The zero-order valence-corrected chi connectivity index (χ0v) is 16.1. The average molecular weight is 369 g/mol. The molecule has 4 heterocycles. The van der Waals surface area contributed by atoms with Crippen molar-refractivity contribution in [1.82, 2.24) is 20.2 Å². The molecule has 0 unspecified atom stereocenters. The zero-order chi connectivity index (χ0) is 17.9. The van der Waals surface area contributed by atoms with Crippen LogP contribution in [0.15, 0.2) is 24.4 Å². The molecule has 4 atom stereocenters. The number of fused-ring (bicyclic) bond motifs is 1. The van der Waals surface area contributed by atoms with E-state index in [0.717, 1.165) is 34.2 Å². The quantitative estimate of drug-likeness (QED) is 0.884. The molecule has 2 bridgehead atoms. The monoisotopic (exact) mass is 368 g/mol. The van der Waals surface area contributed by atoms with Crippen LogP contribution in [0.3, 0.4) is 0 Å². The highest BCUT2D eigenvalue weighted by molar-refractivity contribution is 7.17. The van der Waals surface area contributed by atoms with Crippen LogP contribution in [0.2, 0.25) is 0 Å². The molecule has 1 N–H and O–H groups in total. The van der Waals surface area contributed by atoms with E-state index in [9.17, 15) is 4.79 Å². The number of carbonyl (C=O) groups is 1. The zero-order valence-electron chi connectivity index (χ0n) is 15.2. The van der Waals surface area contributed by atoms with Gasteiger partial charge in [0.15, 0.2) is 0 Å². The van der Waals surface area contributed by atoms with Crippen molar-refractivity contribution in [3.63, 3.8) is 0 Å². The first-order valence-electron chi connectivity index (χ1n) is 9.52. The summed E-state index contributed by atoms with van der Waals surface area (Å²) in [6, 6.07) is 7.15. The van der Waals surface area contributed by atoms with Gasteiger partial charge >= 0.3 is 0 Å². The average Bonchev–Trinajstić information content (AvgIpc) is 3.19. The SMILES string of the molecule is Cc1nc(-c2ccccn2)sc1C(=O)N1C[C@@H]2C[C@@]3(C)[C@H](CCC[C@@H]13)N2. The number of hydrogen-bond donors (Lipinski definition) is 1. The third kappa shape index (κ3) is 2.35. The van der Waals surface area contributed by atoms with E-state index >= 15 is 0 Å². The number of rotatable bonds is 2. The number of pyridine rings is 1. The maximum Gasteiger partial charge on any atom is 0.266 e. The Hall–Kier alpha value is -1.79. The fourth-order valence-corrected chi connectivity index (χ4v) is 6.37. The maximum atomic E-state index is 13.5. The number of thiazole rings is 1. The van der Waals surface area contributed by atoms with Gasteiger partial charge in [0.25, 0.3) is 5.91 Å². The van der Waals surface area contributed by atoms with Crippen LogP contribution in [0.1, 0.15) is 48.0 Å². The summed E-state index contributed by atoms with van der Waals surface area (Å²) in [5, 5.41) is 4.62. The van der Waals surface area contributed by atoms with Gasteiger partial charge in [0, 0.05) is 36.3 Å². The van der Waals surface area contributed by atoms with Crippen molar-refractivity contribution in [1.29, 1.82) is 0 Å². The van der Waals surface area contributed by atoms with Crippen LogP contribution in [0.25, 0.3) is 10.7 Å². The molecule has 2 aliphatic heterocycles. The van der Waals surface area contributed by atoms with Crippen molar-refractivity contribution >= 4 is 17.2 Å². The Morgan fingerprint density at radius 3 is 3.08 bits per heavy atom. The van der Waals surface area contributed by atoms with E-state index in [1.165, 1.54) is 30.6 Å². The standard InChI is InChI=1S/C20H24N4OS/c1-12-17(26-18(22-12)14-6-3-4-9-21-14)19(25)24-11-13-10-20(2)15(23-13)7-5-8-16(20)24/h3-4,6,9,13,15-16,23H,5,7-8,10-11H2,1-2H3/t13-,15-,16+,20-/m0/s1. The molecular weight excluding hydrogens is 344 g/mol. The van der Waals surface area contributed by atoms with Crippen molar-refractivity contribution in [3.05, 3.63) is 35.0 Å². The van der Waals surface area contributed by atoms with Gasteiger partial charge in [0.1, 0.15) is 9.88 Å². The number of aromatic nitrogens is 2. The van der Waals surface area contributed by atoms with Gasteiger partial charge in [-0.25, -0.2) is 4.98 Å². The number of nitrogens with one attached hydrogen (secondary N) is 1. The molecule has 3 aliphatic rings. The van der Waals surface area contributed by atoms with Gasteiger partial charge in [-0.2, -0.15) is 0 Å². The van der Waals surface area contributed by atoms with E-state index in [1.54, 1.807) is 6.20 Å². The lowest BCUT2D eigenvalue weighted by Crippen LogP contribution is -2.57. The van der Waals surface area contributed by atoms with Crippen molar-refractivity contribution in [2.75, 3.05) is 6.54 Å². The summed E-state index contributed by atoms with van der Waals surface area (Å²) in [6.45, 7) is 5.15. The summed E-state index contributed by atoms with van der Waals surface area (Å²) in [6.07, 6.45) is 6.54. The van der Waals surface area contributed by atoms with Gasteiger partial charge in [-0.05, 0) is 44.7 Å². The Bertz CT molecular complexity index is 851. The summed E-state index contributed by atoms with van der Waals surface area (Å²) < 4.78 is 0. The lowest BCUT2D eigenvalue weighted by atomic mass is 9.66. The van der Waals surface area contributed by atoms with Crippen molar-refractivity contribution in [3.8, 4) is 10.7 Å². The molecular formula is C20H24N4OS. The topological polar surface area (TPSA) is 58.1 Å². The second-order valence-corrected chi connectivity index (χ2v) is 9.18. The maximum absolute atomic E-state index is 13.5.